The normalized spacial score (nSPS) is 18.3. The van der Waals surface area contributed by atoms with Gasteiger partial charge >= 0.3 is 5.97 Å². The lowest BCUT2D eigenvalue weighted by Gasteiger charge is -2.29. The van der Waals surface area contributed by atoms with E-state index in [1.165, 1.54) is 170 Å². The number of hydrogen-bond acceptors (Lipinski definition) is 6. The van der Waals surface area contributed by atoms with Gasteiger partial charge in [0, 0.05) is 6.08 Å². The van der Waals surface area contributed by atoms with Crippen LogP contribution < -0.4 is 0 Å². The van der Waals surface area contributed by atoms with Gasteiger partial charge in [-0.05, 0) is 189 Å². The fourth-order valence-electron chi connectivity index (χ4n) is 11.1. The average Bonchev–Trinajstić information content (AvgIpc) is 3.43. The average molecular weight is 953 g/mol. The molecule has 71 heavy (non-hydrogen) atoms. The number of carbonyl (C=O) groups is 1. The van der Waals surface area contributed by atoms with Crippen molar-refractivity contribution in [2.75, 3.05) is 6.61 Å². The van der Waals surface area contributed by atoms with E-state index in [-0.39, 0.29) is 5.97 Å². The van der Waals surface area contributed by atoms with E-state index in [1.54, 1.807) is 11.1 Å². The number of aryl methyl sites for hydroxylation is 2. The zero-order valence-corrected chi connectivity index (χ0v) is 43.3. The quantitative estimate of drug-likeness (QED) is 0.0207. The third-order valence-electron chi connectivity index (χ3n) is 15.6. The fraction of sp³-hybridized carbons (Fsp3) is 0.492. The largest absolute Gasteiger partial charge is 0.463 e. The number of unbranched alkanes of at least 4 members (excludes halogenated alkanes) is 11. The molecule has 0 N–H and O–H groups in total. The van der Waals surface area contributed by atoms with Gasteiger partial charge in [-0.1, -0.05) is 170 Å². The molecule has 0 spiro atoms. The molecule has 6 heteroatoms. The molecule has 5 aromatic carbocycles. The number of azo groups is 2. The molecule has 0 saturated heterocycles. The molecule has 2 saturated carbocycles. The summed E-state index contributed by atoms with van der Waals surface area (Å²) in [6.45, 7) is 6.18. The highest BCUT2D eigenvalue weighted by Gasteiger charge is 2.24. The Balaban J connectivity index is 0.701. The first-order valence-corrected chi connectivity index (χ1v) is 28.1. The van der Waals surface area contributed by atoms with Crippen LogP contribution in [0.2, 0.25) is 0 Å². The molecule has 2 aliphatic rings. The van der Waals surface area contributed by atoms with Crippen molar-refractivity contribution in [1.82, 2.24) is 0 Å². The summed E-state index contributed by atoms with van der Waals surface area (Å²) < 4.78 is 5.06. The van der Waals surface area contributed by atoms with Crippen molar-refractivity contribution in [2.45, 2.75) is 186 Å². The predicted octanol–water partition coefficient (Wildman–Crippen LogP) is 20.5. The first-order valence-electron chi connectivity index (χ1n) is 28.1. The Morgan fingerprint density at radius 2 is 0.803 bits per heavy atom. The Hall–Kier alpha value is -5.49. The molecule has 376 valence electrons. The maximum absolute atomic E-state index is 11.1. The van der Waals surface area contributed by atoms with E-state index in [9.17, 15) is 4.79 Å². The van der Waals surface area contributed by atoms with Gasteiger partial charge in [0.25, 0.3) is 0 Å². The summed E-state index contributed by atoms with van der Waals surface area (Å²) in [6, 6.07) is 43.8. The van der Waals surface area contributed by atoms with Gasteiger partial charge < -0.3 is 4.74 Å². The van der Waals surface area contributed by atoms with Crippen LogP contribution in [0.25, 0.3) is 11.1 Å². The number of rotatable bonds is 29. The molecule has 5 aromatic rings. The van der Waals surface area contributed by atoms with Crippen molar-refractivity contribution < 1.29 is 9.53 Å². The Labute approximate surface area is 428 Å². The van der Waals surface area contributed by atoms with E-state index in [4.69, 9.17) is 4.74 Å². The highest BCUT2D eigenvalue weighted by Crippen LogP contribution is 2.40. The molecule has 6 nitrogen and oxygen atoms in total. The maximum Gasteiger partial charge on any atom is 0.330 e. The van der Waals surface area contributed by atoms with Crippen LogP contribution in [-0.4, -0.2) is 12.6 Å². The van der Waals surface area contributed by atoms with Crippen LogP contribution in [0.1, 0.15) is 195 Å². The third-order valence-corrected chi connectivity index (χ3v) is 15.6. The topological polar surface area (TPSA) is 75.7 Å². The van der Waals surface area contributed by atoms with Crippen LogP contribution >= 0.6 is 0 Å². The summed E-state index contributed by atoms with van der Waals surface area (Å²) in [7, 11) is 0. The second-order valence-electron chi connectivity index (χ2n) is 21.0. The van der Waals surface area contributed by atoms with Crippen molar-refractivity contribution >= 4 is 28.7 Å². The number of ether oxygens (including phenoxy) is 1. The van der Waals surface area contributed by atoms with Crippen LogP contribution in [0.15, 0.2) is 154 Å². The van der Waals surface area contributed by atoms with E-state index in [0.717, 1.165) is 66.2 Å². The molecule has 0 bridgehead atoms. The van der Waals surface area contributed by atoms with Crippen LogP contribution in [-0.2, 0) is 22.4 Å². The van der Waals surface area contributed by atoms with Gasteiger partial charge in [-0.2, -0.15) is 20.5 Å². The van der Waals surface area contributed by atoms with Gasteiger partial charge in [0.2, 0.25) is 0 Å². The monoisotopic (exact) mass is 953 g/mol. The van der Waals surface area contributed by atoms with Crippen LogP contribution in [0.3, 0.4) is 0 Å². The molecule has 2 aliphatic carbocycles. The minimum Gasteiger partial charge on any atom is -0.463 e. The van der Waals surface area contributed by atoms with Crippen molar-refractivity contribution in [2.24, 2.45) is 32.3 Å². The lowest BCUT2D eigenvalue weighted by Crippen LogP contribution is -2.13. The number of hydrogen-bond donors (Lipinski definition) is 0. The molecule has 0 aliphatic heterocycles. The second kappa shape index (κ2) is 30.4. The standard InChI is InChI=1S/C65H84N4O2/c1-3-5-18-51-26-42-61(43-27-51)66-68-63-46-48-64(49-47-63)69-67-62-44-28-54(29-45-62)21-16-12-11-15-20-53-24-32-56(33-25-53)58-36-40-60(41-37-58)59-38-34-57(35-39-59)55-30-22-52(23-31-55)19-14-10-8-6-7-9-13-17-50-71-65(70)4-2/h4,26-29,34-49,52-53,55-56H,2-3,5-25,30-33,50H2,1H3. The van der Waals surface area contributed by atoms with Gasteiger partial charge in [-0.25, -0.2) is 4.79 Å². The smallest absolute Gasteiger partial charge is 0.330 e. The number of benzene rings is 5. The molecule has 0 atom stereocenters. The summed E-state index contributed by atoms with van der Waals surface area (Å²) in [4.78, 5) is 11.1. The summed E-state index contributed by atoms with van der Waals surface area (Å²) in [6.07, 6.45) is 35.0. The van der Waals surface area contributed by atoms with Crippen molar-refractivity contribution in [3.63, 3.8) is 0 Å². The zero-order valence-electron chi connectivity index (χ0n) is 43.3. The van der Waals surface area contributed by atoms with Gasteiger partial charge in [0.15, 0.2) is 0 Å². The van der Waals surface area contributed by atoms with Crippen LogP contribution in [0.4, 0.5) is 22.7 Å². The molecule has 0 amide bonds. The molecule has 7 rings (SSSR count). The Morgan fingerprint density at radius 3 is 1.20 bits per heavy atom. The summed E-state index contributed by atoms with van der Waals surface area (Å²) >= 11 is 0. The van der Waals surface area contributed by atoms with Crippen LogP contribution in [0.5, 0.6) is 0 Å². The summed E-state index contributed by atoms with van der Waals surface area (Å²) in [5.41, 5.74) is 11.8. The summed E-state index contributed by atoms with van der Waals surface area (Å²) in [5.74, 6) is 2.96. The lowest BCUT2D eigenvalue weighted by atomic mass is 9.76. The van der Waals surface area contributed by atoms with Gasteiger partial charge in [-0.15, -0.1) is 0 Å². The molecule has 0 unspecified atom stereocenters. The summed E-state index contributed by atoms with van der Waals surface area (Å²) in [5, 5.41) is 17.7. The molecule has 0 aromatic heterocycles. The Kier molecular flexibility index (Phi) is 22.8. The second-order valence-corrected chi connectivity index (χ2v) is 21.0. The van der Waals surface area contributed by atoms with Crippen molar-refractivity contribution in [1.29, 1.82) is 0 Å². The third kappa shape index (κ3) is 18.9. The lowest BCUT2D eigenvalue weighted by molar-refractivity contribution is -0.137. The van der Waals surface area contributed by atoms with E-state index in [1.807, 2.05) is 36.4 Å². The SMILES string of the molecule is C=CC(=O)OCCCCCCCCCCC1CCC(c2ccc(-c3ccc(C4CCC(CCCCCCc5ccc(N=Nc6ccc(N=Nc7ccc(CCCC)cc7)cc6)cc5)CC4)cc3)cc2)CC1. The van der Waals surface area contributed by atoms with Crippen molar-refractivity contribution in [3.05, 3.63) is 156 Å². The molecular weight excluding hydrogens is 869 g/mol. The minimum atomic E-state index is -0.306. The van der Waals surface area contributed by atoms with Gasteiger partial charge in [0.05, 0.1) is 29.4 Å². The number of carbonyl (C=O) groups excluding carboxylic acids is 1. The fourth-order valence-corrected chi connectivity index (χ4v) is 11.1. The maximum atomic E-state index is 11.1. The van der Waals surface area contributed by atoms with Crippen LogP contribution in [0, 0.1) is 11.8 Å². The highest BCUT2D eigenvalue weighted by atomic mass is 16.5. The van der Waals surface area contributed by atoms with E-state index in [0.29, 0.717) is 12.5 Å². The van der Waals surface area contributed by atoms with Crippen molar-refractivity contribution in [3.8, 4) is 11.1 Å². The van der Waals surface area contributed by atoms with Gasteiger partial charge in [-0.3, -0.25) is 0 Å². The minimum absolute atomic E-state index is 0.306. The molecule has 0 heterocycles. The highest BCUT2D eigenvalue weighted by molar-refractivity contribution is 5.81. The van der Waals surface area contributed by atoms with E-state index >= 15 is 0 Å². The molecule has 0 radical (unpaired) electrons. The number of esters is 1. The molecule has 2 fully saturated rings. The Morgan fingerprint density at radius 1 is 0.451 bits per heavy atom. The number of nitrogens with zero attached hydrogens (tertiary/aromatic N) is 4. The first-order chi connectivity index (χ1) is 35.0. The Bertz CT molecular complexity index is 2320. The first kappa shape index (κ1) is 53.3. The predicted molar refractivity (Wildman–Crippen MR) is 297 cm³/mol. The van der Waals surface area contributed by atoms with E-state index < -0.39 is 0 Å². The molecular formula is C65H84N4O2. The zero-order chi connectivity index (χ0) is 49.1. The van der Waals surface area contributed by atoms with E-state index in [2.05, 4.69) is 119 Å². The van der Waals surface area contributed by atoms with Gasteiger partial charge in [0.1, 0.15) is 0 Å².